The Balaban J connectivity index is 1.72. The Kier molecular flexibility index (Phi) is 4.08. The molecule has 1 aromatic heterocycles. The lowest BCUT2D eigenvalue weighted by atomic mass is 10.1. The highest BCUT2D eigenvalue weighted by molar-refractivity contribution is 6.31. The van der Waals surface area contributed by atoms with Crippen molar-refractivity contribution >= 4 is 11.6 Å². The summed E-state index contributed by atoms with van der Waals surface area (Å²) in [5.74, 6) is 0. The van der Waals surface area contributed by atoms with Gasteiger partial charge in [0.2, 0.25) is 0 Å². The van der Waals surface area contributed by atoms with Crippen molar-refractivity contribution in [1.82, 2.24) is 14.9 Å². The van der Waals surface area contributed by atoms with E-state index in [1.165, 1.54) is 24.8 Å². The minimum Gasteiger partial charge on any atom is -0.333 e. The van der Waals surface area contributed by atoms with Gasteiger partial charge < -0.3 is 9.88 Å². The molecule has 0 bridgehead atoms. The van der Waals surface area contributed by atoms with Crippen molar-refractivity contribution in [2.75, 3.05) is 0 Å². The topological polar surface area (TPSA) is 29.9 Å². The number of aromatic nitrogens is 2. The molecule has 3 atom stereocenters. The molecule has 4 heteroatoms. The lowest BCUT2D eigenvalue weighted by molar-refractivity contribution is 0.362. The molecular weight excluding hydrogens is 270 g/mol. The summed E-state index contributed by atoms with van der Waals surface area (Å²) in [7, 11) is 0. The standard InChI is InChI=1S/C16H20ClN3/c1-12(13-5-2-3-6-14(13)17)19-15-7-4-8-16(15)20-10-9-18-11-20/h2-3,5-6,9-12,15-16,19H,4,7-8H2,1H3. The van der Waals surface area contributed by atoms with Crippen molar-refractivity contribution in [2.24, 2.45) is 0 Å². The predicted octanol–water partition coefficient (Wildman–Crippen LogP) is 3.98. The quantitative estimate of drug-likeness (QED) is 0.922. The van der Waals surface area contributed by atoms with E-state index in [0.717, 1.165) is 5.02 Å². The molecule has 3 unspecified atom stereocenters. The van der Waals surface area contributed by atoms with Crippen LogP contribution in [0.1, 0.15) is 43.8 Å². The van der Waals surface area contributed by atoms with Crippen molar-refractivity contribution in [3.8, 4) is 0 Å². The molecular formula is C16H20ClN3. The lowest BCUT2D eigenvalue weighted by Gasteiger charge is -2.26. The molecule has 1 aliphatic rings. The number of hydrogen-bond acceptors (Lipinski definition) is 2. The second-order valence-corrected chi connectivity index (χ2v) is 5.93. The van der Waals surface area contributed by atoms with Gasteiger partial charge in [-0.25, -0.2) is 4.98 Å². The van der Waals surface area contributed by atoms with Crippen LogP contribution in [0.5, 0.6) is 0 Å². The van der Waals surface area contributed by atoms with Gasteiger partial charge >= 0.3 is 0 Å². The van der Waals surface area contributed by atoms with Crippen molar-refractivity contribution in [2.45, 2.75) is 44.3 Å². The molecule has 3 nitrogen and oxygen atoms in total. The van der Waals surface area contributed by atoms with Gasteiger partial charge in [0.25, 0.3) is 0 Å². The van der Waals surface area contributed by atoms with Gasteiger partial charge in [-0.15, -0.1) is 0 Å². The van der Waals surface area contributed by atoms with E-state index in [1.807, 2.05) is 30.7 Å². The summed E-state index contributed by atoms with van der Waals surface area (Å²) >= 11 is 6.29. The van der Waals surface area contributed by atoms with Crippen molar-refractivity contribution in [1.29, 1.82) is 0 Å². The average molecular weight is 290 g/mol. The molecule has 1 saturated carbocycles. The van der Waals surface area contributed by atoms with Crippen LogP contribution in [-0.4, -0.2) is 15.6 Å². The molecule has 0 aliphatic heterocycles. The third-order valence-electron chi connectivity index (χ3n) is 4.22. The summed E-state index contributed by atoms with van der Waals surface area (Å²) in [6, 6.07) is 9.32. The van der Waals surface area contributed by atoms with Gasteiger partial charge in [-0.05, 0) is 37.8 Å². The Morgan fingerprint density at radius 3 is 2.95 bits per heavy atom. The zero-order valence-electron chi connectivity index (χ0n) is 11.7. The molecule has 1 heterocycles. The van der Waals surface area contributed by atoms with Crippen LogP contribution >= 0.6 is 11.6 Å². The normalized spacial score (nSPS) is 23.9. The highest BCUT2D eigenvalue weighted by Gasteiger charge is 2.29. The van der Waals surface area contributed by atoms with Crippen LogP contribution < -0.4 is 5.32 Å². The molecule has 0 radical (unpaired) electrons. The highest BCUT2D eigenvalue weighted by atomic mass is 35.5. The van der Waals surface area contributed by atoms with E-state index in [-0.39, 0.29) is 6.04 Å². The fourth-order valence-corrected chi connectivity index (χ4v) is 3.49. The first-order valence-electron chi connectivity index (χ1n) is 7.23. The van der Waals surface area contributed by atoms with E-state index >= 15 is 0 Å². The van der Waals surface area contributed by atoms with Crippen LogP contribution in [0.3, 0.4) is 0 Å². The van der Waals surface area contributed by atoms with Crippen LogP contribution in [0.15, 0.2) is 43.0 Å². The van der Waals surface area contributed by atoms with Gasteiger partial charge in [-0.1, -0.05) is 29.8 Å². The number of rotatable bonds is 4. The number of imidazole rings is 1. The third kappa shape index (κ3) is 2.74. The number of nitrogens with one attached hydrogen (secondary N) is 1. The van der Waals surface area contributed by atoms with Crippen LogP contribution in [0.4, 0.5) is 0 Å². The van der Waals surface area contributed by atoms with E-state index in [2.05, 4.69) is 34.1 Å². The molecule has 0 spiro atoms. The first kappa shape index (κ1) is 13.7. The van der Waals surface area contributed by atoms with Crippen molar-refractivity contribution in [3.05, 3.63) is 53.6 Å². The molecule has 1 aliphatic carbocycles. The number of hydrogen-bond donors (Lipinski definition) is 1. The number of nitrogens with zero attached hydrogens (tertiary/aromatic N) is 2. The van der Waals surface area contributed by atoms with Crippen LogP contribution in [0.25, 0.3) is 0 Å². The van der Waals surface area contributed by atoms with E-state index in [9.17, 15) is 0 Å². The maximum Gasteiger partial charge on any atom is 0.0949 e. The summed E-state index contributed by atoms with van der Waals surface area (Å²) in [4.78, 5) is 4.17. The molecule has 20 heavy (non-hydrogen) atoms. The third-order valence-corrected chi connectivity index (χ3v) is 4.57. The van der Waals surface area contributed by atoms with E-state index in [1.54, 1.807) is 0 Å². The minimum atomic E-state index is 0.262. The second kappa shape index (κ2) is 5.98. The summed E-state index contributed by atoms with van der Waals surface area (Å²) in [6.45, 7) is 2.19. The van der Waals surface area contributed by atoms with Crippen LogP contribution in [0, 0.1) is 0 Å². The monoisotopic (exact) mass is 289 g/mol. The van der Waals surface area contributed by atoms with Gasteiger partial charge in [-0.2, -0.15) is 0 Å². The molecule has 0 saturated heterocycles. The Morgan fingerprint density at radius 2 is 2.20 bits per heavy atom. The fourth-order valence-electron chi connectivity index (χ4n) is 3.19. The predicted molar refractivity (Wildman–Crippen MR) is 81.9 cm³/mol. The maximum atomic E-state index is 6.29. The fraction of sp³-hybridized carbons (Fsp3) is 0.438. The van der Waals surface area contributed by atoms with Gasteiger partial charge in [0.1, 0.15) is 0 Å². The summed E-state index contributed by atoms with van der Waals surface area (Å²) in [6.07, 6.45) is 9.51. The van der Waals surface area contributed by atoms with Gasteiger partial charge in [0, 0.05) is 35.5 Å². The zero-order chi connectivity index (χ0) is 13.9. The Bertz CT molecular complexity index is 553. The summed E-state index contributed by atoms with van der Waals surface area (Å²) in [5.41, 5.74) is 1.17. The first-order chi connectivity index (χ1) is 9.75. The van der Waals surface area contributed by atoms with Crippen molar-refractivity contribution < 1.29 is 0 Å². The molecule has 1 N–H and O–H groups in total. The molecule has 0 amide bonds. The number of halogens is 1. The Morgan fingerprint density at radius 1 is 1.35 bits per heavy atom. The largest absolute Gasteiger partial charge is 0.333 e. The molecule has 2 aromatic rings. The average Bonchev–Trinajstić information content (AvgIpc) is 3.09. The van der Waals surface area contributed by atoms with E-state index in [0.29, 0.717) is 12.1 Å². The molecule has 1 fully saturated rings. The number of benzene rings is 1. The lowest BCUT2D eigenvalue weighted by Crippen LogP contribution is -2.35. The van der Waals surface area contributed by atoms with Crippen LogP contribution in [-0.2, 0) is 0 Å². The Hall–Kier alpha value is -1.32. The van der Waals surface area contributed by atoms with E-state index in [4.69, 9.17) is 11.6 Å². The van der Waals surface area contributed by atoms with Crippen molar-refractivity contribution in [3.63, 3.8) is 0 Å². The van der Waals surface area contributed by atoms with E-state index < -0.39 is 0 Å². The first-order valence-corrected chi connectivity index (χ1v) is 7.61. The van der Waals surface area contributed by atoms with Crippen LogP contribution in [0.2, 0.25) is 5.02 Å². The molecule has 106 valence electrons. The highest BCUT2D eigenvalue weighted by Crippen LogP contribution is 2.32. The minimum absolute atomic E-state index is 0.262. The zero-order valence-corrected chi connectivity index (χ0v) is 12.4. The summed E-state index contributed by atoms with van der Waals surface area (Å²) in [5, 5.41) is 4.58. The second-order valence-electron chi connectivity index (χ2n) is 5.52. The smallest absolute Gasteiger partial charge is 0.0949 e. The maximum absolute atomic E-state index is 6.29. The van der Waals surface area contributed by atoms with Gasteiger partial charge in [0.15, 0.2) is 0 Å². The van der Waals surface area contributed by atoms with Gasteiger partial charge in [0.05, 0.1) is 6.33 Å². The summed E-state index contributed by atoms with van der Waals surface area (Å²) < 4.78 is 2.23. The SMILES string of the molecule is CC(NC1CCCC1n1ccnc1)c1ccccc1Cl. The van der Waals surface area contributed by atoms with Gasteiger partial charge in [-0.3, -0.25) is 0 Å². The molecule has 3 rings (SSSR count). The molecule has 1 aromatic carbocycles. The Labute approximate surface area is 125 Å².